The highest BCUT2D eigenvalue weighted by atomic mass is 16.3. The Morgan fingerprint density at radius 3 is 2.06 bits per heavy atom. The summed E-state index contributed by atoms with van der Waals surface area (Å²) in [6, 6.07) is 35.9. The quantitative estimate of drug-likeness (QED) is 0.177. The summed E-state index contributed by atoms with van der Waals surface area (Å²) in [6.07, 6.45) is 0. The Balaban J connectivity index is 0.000000229. The molecule has 0 saturated heterocycles. The Labute approximate surface area is 212 Å². The summed E-state index contributed by atoms with van der Waals surface area (Å²) < 4.78 is 0. The van der Waals surface area contributed by atoms with Gasteiger partial charge >= 0.3 is 0 Å². The van der Waals surface area contributed by atoms with Crippen molar-refractivity contribution in [2.24, 2.45) is 10.3 Å². The standard InChI is InChI=1S/C21H22N4.C10H8O/c1-15-8-4-6-10-19(15)18-12-13-21(17(3)14-18)23-25-24-22-20-11-7-5-9-16(20)2;11-10-6-5-8-3-1-2-4-9(8)7-10/h4-14H,1-3H3,(H,22,25)(H,23,24);1-7,11H. The molecule has 0 bridgehead atoms. The molecule has 0 radical (unpaired) electrons. The number of hydrogen-bond donors (Lipinski definition) is 3. The highest BCUT2D eigenvalue weighted by Gasteiger charge is 2.04. The normalized spacial score (nSPS) is 10.6. The number of anilines is 1. The molecule has 0 heterocycles. The second-order valence-electron chi connectivity index (χ2n) is 8.60. The fraction of sp³-hybridized carbons (Fsp3) is 0.0968. The number of hydrazine groups is 1. The van der Waals surface area contributed by atoms with Gasteiger partial charge in [-0.25, -0.2) is 5.53 Å². The molecule has 0 spiro atoms. The molecule has 5 nitrogen and oxygen atoms in total. The zero-order chi connectivity index (χ0) is 25.3. The van der Waals surface area contributed by atoms with Gasteiger partial charge in [0.25, 0.3) is 0 Å². The molecule has 0 aliphatic rings. The molecule has 5 rings (SSSR count). The van der Waals surface area contributed by atoms with Crippen LogP contribution in [0.4, 0.5) is 11.4 Å². The lowest BCUT2D eigenvalue weighted by molar-refractivity contribution is 0.476. The van der Waals surface area contributed by atoms with Crippen LogP contribution in [0.5, 0.6) is 5.75 Å². The molecular weight excluding hydrogens is 444 g/mol. The van der Waals surface area contributed by atoms with Crippen LogP contribution in [0.1, 0.15) is 16.7 Å². The van der Waals surface area contributed by atoms with Gasteiger partial charge in [0, 0.05) is 0 Å². The lowest BCUT2D eigenvalue weighted by Crippen LogP contribution is -2.14. The number of hydrogen-bond acceptors (Lipinski definition) is 4. The van der Waals surface area contributed by atoms with Gasteiger partial charge in [-0.15, -0.1) is 5.11 Å². The minimum atomic E-state index is 0.323. The smallest absolute Gasteiger partial charge is 0.116 e. The molecule has 3 N–H and O–H groups in total. The highest BCUT2D eigenvalue weighted by Crippen LogP contribution is 2.27. The number of aromatic hydroxyl groups is 1. The summed E-state index contributed by atoms with van der Waals surface area (Å²) in [7, 11) is 0. The Morgan fingerprint density at radius 2 is 1.31 bits per heavy atom. The van der Waals surface area contributed by atoms with Crippen molar-refractivity contribution in [1.29, 1.82) is 0 Å². The molecule has 5 aromatic carbocycles. The average molecular weight is 475 g/mol. The molecule has 36 heavy (non-hydrogen) atoms. The van der Waals surface area contributed by atoms with Gasteiger partial charge in [0.1, 0.15) is 5.75 Å². The molecule has 5 aromatic rings. The fourth-order valence-corrected chi connectivity index (χ4v) is 3.88. The second-order valence-corrected chi connectivity index (χ2v) is 8.60. The SMILES string of the molecule is Cc1ccccc1N=NNNc1ccc(-c2ccccc2C)cc1C.Oc1ccc2ccccc2c1. The van der Waals surface area contributed by atoms with Gasteiger partial charge in [0.15, 0.2) is 0 Å². The van der Waals surface area contributed by atoms with Crippen LogP contribution in [0.15, 0.2) is 120 Å². The summed E-state index contributed by atoms with van der Waals surface area (Å²) >= 11 is 0. The van der Waals surface area contributed by atoms with Crippen molar-refractivity contribution >= 4 is 22.1 Å². The van der Waals surface area contributed by atoms with Gasteiger partial charge in [-0.3, -0.25) is 5.43 Å². The van der Waals surface area contributed by atoms with E-state index < -0.39 is 0 Å². The van der Waals surface area contributed by atoms with Gasteiger partial charge in [-0.05, 0) is 89.7 Å². The van der Waals surface area contributed by atoms with E-state index in [1.54, 1.807) is 12.1 Å². The number of phenols is 1. The lowest BCUT2D eigenvalue weighted by Gasteiger charge is -2.11. The Hall–Kier alpha value is -4.64. The van der Waals surface area contributed by atoms with Crippen LogP contribution in [0.3, 0.4) is 0 Å². The van der Waals surface area contributed by atoms with Crippen LogP contribution in [-0.4, -0.2) is 5.11 Å². The van der Waals surface area contributed by atoms with Gasteiger partial charge in [-0.1, -0.05) is 84.1 Å². The van der Waals surface area contributed by atoms with Crippen LogP contribution in [-0.2, 0) is 0 Å². The average Bonchev–Trinajstić information content (AvgIpc) is 2.89. The second kappa shape index (κ2) is 11.7. The van der Waals surface area contributed by atoms with Crippen molar-refractivity contribution < 1.29 is 5.11 Å². The molecule has 180 valence electrons. The van der Waals surface area contributed by atoms with E-state index in [0.29, 0.717) is 5.75 Å². The van der Waals surface area contributed by atoms with Gasteiger partial charge in [0.05, 0.1) is 11.4 Å². The van der Waals surface area contributed by atoms with Crippen molar-refractivity contribution in [3.05, 3.63) is 126 Å². The first-order chi connectivity index (χ1) is 17.5. The van der Waals surface area contributed by atoms with Gasteiger partial charge < -0.3 is 5.11 Å². The number of nitrogens with zero attached hydrogens (tertiary/aromatic N) is 2. The highest BCUT2D eigenvalue weighted by molar-refractivity contribution is 5.83. The zero-order valence-corrected chi connectivity index (χ0v) is 20.7. The summed E-state index contributed by atoms with van der Waals surface area (Å²) in [5.74, 6) is 0.323. The summed E-state index contributed by atoms with van der Waals surface area (Å²) in [5.41, 5.74) is 13.7. The number of rotatable bonds is 5. The van der Waals surface area contributed by atoms with Crippen molar-refractivity contribution in [2.45, 2.75) is 20.8 Å². The number of nitrogens with one attached hydrogen (secondary N) is 2. The number of benzene rings is 5. The van der Waals surface area contributed by atoms with Crippen LogP contribution in [0.2, 0.25) is 0 Å². The van der Waals surface area contributed by atoms with Gasteiger partial charge in [0.2, 0.25) is 0 Å². The van der Waals surface area contributed by atoms with Crippen LogP contribution >= 0.6 is 0 Å². The molecule has 0 atom stereocenters. The molecular formula is C31H30N4O. The summed E-state index contributed by atoms with van der Waals surface area (Å²) in [6.45, 7) is 6.21. The molecule has 0 aliphatic heterocycles. The van der Waals surface area contributed by atoms with E-state index in [9.17, 15) is 0 Å². The summed E-state index contributed by atoms with van der Waals surface area (Å²) in [4.78, 5) is 0. The first-order valence-corrected chi connectivity index (χ1v) is 11.8. The minimum absolute atomic E-state index is 0.323. The predicted octanol–water partition coefficient (Wildman–Crippen LogP) is 8.44. The third-order valence-electron chi connectivity index (χ3n) is 5.93. The van der Waals surface area contributed by atoms with Crippen LogP contribution < -0.4 is 11.0 Å². The van der Waals surface area contributed by atoms with E-state index in [-0.39, 0.29) is 0 Å². The largest absolute Gasteiger partial charge is 0.508 e. The molecule has 0 amide bonds. The fourth-order valence-electron chi connectivity index (χ4n) is 3.88. The first-order valence-electron chi connectivity index (χ1n) is 11.8. The van der Waals surface area contributed by atoms with Gasteiger partial charge in [-0.2, -0.15) is 0 Å². The maximum atomic E-state index is 9.13. The zero-order valence-electron chi connectivity index (χ0n) is 20.7. The Kier molecular flexibility index (Phi) is 7.94. The minimum Gasteiger partial charge on any atom is -0.508 e. The summed E-state index contributed by atoms with van der Waals surface area (Å²) in [5, 5.41) is 19.5. The van der Waals surface area contributed by atoms with E-state index in [1.807, 2.05) is 67.6 Å². The Morgan fingerprint density at radius 1 is 0.611 bits per heavy atom. The maximum Gasteiger partial charge on any atom is 0.116 e. The van der Waals surface area contributed by atoms with E-state index in [2.05, 4.69) is 71.5 Å². The van der Waals surface area contributed by atoms with Crippen molar-refractivity contribution in [3.63, 3.8) is 0 Å². The van der Waals surface area contributed by atoms with Crippen LogP contribution in [0.25, 0.3) is 21.9 Å². The Bertz CT molecular complexity index is 1490. The lowest BCUT2D eigenvalue weighted by atomic mass is 9.98. The van der Waals surface area contributed by atoms with E-state index >= 15 is 0 Å². The topological polar surface area (TPSA) is 69.0 Å². The van der Waals surface area contributed by atoms with Crippen molar-refractivity contribution in [3.8, 4) is 16.9 Å². The molecule has 0 aliphatic carbocycles. The molecule has 0 fully saturated rings. The van der Waals surface area contributed by atoms with Crippen molar-refractivity contribution in [2.75, 3.05) is 5.43 Å². The first kappa shape index (κ1) is 24.5. The monoisotopic (exact) mass is 474 g/mol. The third kappa shape index (κ3) is 6.27. The molecule has 0 saturated carbocycles. The third-order valence-corrected chi connectivity index (χ3v) is 5.93. The van der Waals surface area contributed by atoms with E-state index in [1.165, 1.54) is 16.7 Å². The van der Waals surface area contributed by atoms with E-state index in [0.717, 1.165) is 33.3 Å². The number of phenolic OH excluding ortho intramolecular Hbond substituents is 1. The van der Waals surface area contributed by atoms with E-state index in [4.69, 9.17) is 5.11 Å². The van der Waals surface area contributed by atoms with Crippen molar-refractivity contribution in [1.82, 2.24) is 5.53 Å². The molecule has 0 aromatic heterocycles. The number of aryl methyl sites for hydroxylation is 3. The van der Waals surface area contributed by atoms with Crippen LogP contribution in [0, 0.1) is 20.8 Å². The predicted molar refractivity (Wildman–Crippen MR) is 149 cm³/mol. The number of fused-ring (bicyclic) bond motifs is 1. The molecule has 5 heteroatoms. The maximum absolute atomic E-state index is 9.13. The molecule has 0 unspecified atom stereocenters.